The zero-order chi connectivity index (χ0) is 25.0. The van der Waals surface area contributed by atoms with Crippen LogP contribution in [-0.2, 0) is 24.3 Å². The predicted molar refractivity (Wildman–Crippen MR) is 130 cm³/mol. The summed E-state index contributed by atoms with van der Waals surface area (Å²) in [5.74, 6) is -1.26. The summed E-state index contributed by atoms with van der Waals surface area (Å²) < 4.78 is 37.8. The van der Waals surface area contributed by atoms with Gasteiger partial charge in [0.15, 0.2) is 0 Å². The number of nitrogens with zero attached hydrogens (tertiary/aromatic N) is 2. The summed E-state index contributed by atoms with van der Waals surface area (Å²) in [6.45, 7) is 4.64. The van der Waals surface area contributed by atoms with E-state index in [1.54, 1.807) is 32.0 Å². The maximum atomic E-state index is 13.2. The molecule has 11 heteroatoms. The highest BCUT2D eigenvalue weighted by atomic mass is 32.2. The number of hydrogen-bond acceptors (Lipinski definition) is 8. The van der Waals surface area contributed by atoms with E-state index in [1.165, 1.54) is 28.6 Å². The number of para-hydroxylation sites is 2. The Labute approximate surface area is 203 Å². The van der Waals surface area contributed by atoms with E-state index in [0.29, 0.717) is 30.3 Å². The predicted octanol–water partition coefficient (Wildman–Crippen LogP) is 2.43. The quantitative estimate of drug-likeness (QED) is 0.606. The van der Waals surface area contributed by atoms with Crippen molar-refractivity contribution in [2.75, 3.05) is 38.2 Å². The SMILES string of the molecule is CCOC(=O)C1=C(C)Nc2ccccc2N=C1NC(=O)c1cccc(S(=O)(=O)N2CCOCC2)c1. The van der Waals surface area contributed by atoms with Crippen LogP contribution in [0.5, 0.6) is 0 Å². The number of rotatable bonds is 5. The third-order valence-corrected chi connectivity index (χ3v) is 7.38. The molecule has 2 aliphatic heterocycles. The van der Waals surface area contributed by atoms with Crippen LogP contribution in [0.2, 0.25) is 0 Å². The molecule has 0 bridgehead atoms. The Morgan fingerprint density at radius 3 is 2.63 bits per heavy atom. The molecule has 0 atom stereocenters. The van der Waals surface area contributed by atoms with E-state index in [9.17, 15) is 18.0 Å². The summed E-state index contributed by atoms with van der Waals surface area (Å²) in [6.07, 6.45) is 0. The van der Waals surface area contributed by atoms with Crippen LogP contribution in [0, 0.1) is 0 Å². The van der Waals surface area contributed by atoms with Crippen LogP contribution in [0.15, 0.2) is 69.7 Å². The number of allylic oxidation sites excluding steroid dienone is 1. The first-order valence-corrected chi connectivity index (χ1v) is 12.6. The normalized spacial score (nSPS) is 16.5. The molecule has 2 heterocycles. The number of sulfonamides is 1. The lowest BCUT2D eigenvalue weighted by Crippen LogP contribution is -2.40. The number of carbonyl (C=O) groups excluding carboxylic acids is 2. The van der Waals surface area contributed by atoms with Gasteiger partial charge >= 0.3 is 5.97 Å². The number of carbonyl (C=O) groups is 2. The van der Waals surface area contributed by atoms with E-state index in [1.807, 2.05) is 6.07 Å². The van der Waals surface area contributed by atoms with Crippen LogP contribution in [0.1, 0.15) is 24.2 Å². The van der Waals surface area contributed by atoms with Gasteiger partial charge in [0.1, 0.15) is 11.4 Å². The number of nitrogens with one attached hydrogen (secondary N) is 2. The van der Waals surface area contributed by atoms with Crippen molar-refractivity contribution in [2.24, 2.45) is 4.99 Å². The second-order valence-electron chi connectivity index (χ2n) is 7.82. The van der Waals surface area contributed by atoms with Crippen molar-refractivity contribution >= 4 is 39.1 Å². The minimum atomic E-state index is -3.79. The smallest absolute Gasteiger partial charge is 0.343 e. The molecule has 2 N–H and O–H groups in total. The molecule has 2 aromatic rings. The number of amidine groups is 1. The Kier molecular flexibility index (Phi) is 7.29. The molecule has 0 radical (unpaired) electrons. The van der Waals surface area contributed by atoms with Crippen LogP contribution < -0.4 is 10.6 Å². The van der Waals surface area contributed by atoms with Gasteiger partial charge in [0.05, 0.1) is 36.1 Å². The standard InChI is InChI=1S/C24H26N4O6S/c1-3-34-24(30)21-16(2)25-19-9-4-5-10-20(19)26-22(21)27-23(29)17-7-6-8-18(15-17)35(31,32)28-11-13-33-14-12-28/h4-10,15,25H,3,11-14H2,1-2H3,(H,26,27,29). The van der Waals surface area contributed by atoms with Crippen molar-refractivity contribution in [1.29, 1.82) is 0 Å². The average molecular weight is 499 g/mol. The first-order chi connectivity index (χ1) is 16.8. The van der Waals surface area contributed by atoms with Crippen molar-refractivity contribution in [1.82, 2.24) is 9.62 Å². The van der Waals surface area contributed by atoms with Crippen LogP contribution in [0.3, 0.4) is 0 Å². The highest BCUT2D eigenvalue weighted by molar-refractivity contribution is 7.89. The van der Waals surface area contributed by atoms with E-state index in [-0.39, 0.29) is 41.6 Å². The van der Waals surface area contributed by atoms with Gasteiger partial charge in [0.25, 0.3) is 5.91 Å². The van der Waals surface area contributed by atoms with Gasteiger partial charge in [-0.1, -0.05) is 18.2 Å². The molecule has 0 spiro atoms. The molecule has 2 aromatic carbocycles. The van der Waals surface area contributed by atoms with Crippen LogP contribution in [0.4, 0.5) is 11.4 Å². The maximum Gasteiger partial charge on any atom is 0.343 e. The lowest BCUT2D eigenvalue weighted by Gasteiger charge is -2.26. The van der Waals surface area contributed by atoms with E-state index in [0.717, 1.165) is 0 Å². The zero-order valence-electron chi connectivity index (χ0n) is 19.4. The number of ether oxygens (including phenoxy) is 2. The summed E-state index contributed by atoms with van der Waals surface area (Å²) in [7, 11) is -3.79. The number of esters is 1. The average Bonchev–Trinajstić information content (AvgIpc) is 2.99. The zero-order valence-corrected chi connectivity index (χ0v) is 20.2. The van der Waals surface area contributed by atoms with Gasteiger partial charge in [-0.3, -0.25) is 4.79 Å². The number of amides is 1. The Balaban J connectivity index is 1.67. The Morgan fingerprint density at radius 1 is 1.14 bits per heavy atom. The number of aliphatic imine (C=N–C) groups is 1. The van der Waals surface area contributed by atoms with Gasteiger partial charge in [-0.2, -0.15) is 4.31 Å². The highest BCUT2D eigenvalue weighted by Crippen LogP contribution is 2.30. The van der Waals surface area contributed by atoms with E-state index < -0.39 is 21.9 Å². The Bertz CT molecular complexity index is 1310. The van der Waals surface area contributed by atoms with E-state index in [2.05, 4.69) is 15.6 Å². The topological polar surface area (TPSA) is 126 Å². The van der Waals surface area contributed by atoms with Crippen LogP contribution in [0.25, 0.3) is 0 Å². The third-order valence-electron chi connectivity index (χ3n) is 5.49. The van der Waals surface area contributed by atoms with E-state index in [4.69, 9.17) is 9.47 Å². The minimum absolute atomic E-state index is 0.000735. The lowest BCUT2D eigenvalue weighted by molar-refractivity contribution is -0.137. The summed E-state index contributed by atoms with van der Waals surface area (Å²) in [5, 5.41) is 5.82. The molecule has 10 nitrogen and oxygen atoms in total. The van der Waals surface area contributed by atoms with Crippen molar-refractivity contribution in [3.05, 3.63) is 65.4 Å². The molecular weight excluding hydrogens is 472 g/mol. The second-order valence-corrected chi connectivity index (χ2v) is 9.76. The third kappa shape index (κ3) is 5.26. The largest absolute Gasteiger partial charge is 0.462 e. The van der Waals surface area contributed by atoms with Gasteiger partial charge in [0.2, 0.25) is 10.0 Å². The van der Waals surface area contributed by atoms with Crippen LogP contribution >= 0.6 is 0 Å². The summed E-state index contributed by atoms with van der Waals surface area (Å²) in [4.78, 5) is 30.5. The molecule has 1 saturated heterocycles. The molecule has 4 rings (SSSR count). The fourth-order valence-corrected chi connectivity index (χ4v) is 5.21. The van der Waals surface area contributed by atoms with Crippen molar-refractivity contribution in [2.45, 2.75) is 18.7 Å². The van der Waals surface area contributed by atoms with E-state index >= 15 is 0 Å². The number of fused-ring (bicyclic) bond motifs is 1. The van der Waals surface area contributed by atoms with Gasteiger partial charge < -0.3 is 20.1 Å². The number of morpholine rings is 1. The molecule has 0 unspecified atom stereocenters. The number of hydrogen-bond donors (Lipinski definition) is 2. The number of benzene rings is 2. The van der Waals surface area contributed by atoms with Crippen LogP contribution in [-0.4, -0.2) is 63.3 Å². The molecule has 35 heavy (non-hydrogen) atoms. The lowest BCUT2D eigenvalue weighted by atomic mass is 10.1. The van der Waals surface area contributed by atoms with Gasteiger partial charge in [0, 0.05) is 24.4 Å². The molecule has 0 aromatic heterocycles. The highest BCUT2D eigenvalue weighted by Gasteiger charge is 2.29. The monoisotopic (exact) mass is 498 g/mol. The van der Waals surface area contributed by atoms with Crippen molar-refractivity contribution in [3.63, 3.8) is 0 Å². The van der Waals surface area contributed by atoms with Gasteiger partial charge in [-0.05, 0) is 44.2 Å². The van der Waals surface area contributed by atoms with Crippen molar-refractivity contribution in [3.8, 4) is 0 Å². The number of anilines is 1. The fraction of sp³-hybridized carbons (Fsp3) is 0.292. The summed E-state index contributed by atoms with van der Waals surface area (Å²) in [5.41, 5.74) is 1.82. The van der Waals surface area contributed by atoms with Crippen molar-refractivity contribution < 1.29 is 27.5 Å². The summed E-state index contributed by atoms with van der Waals surface area (Å²) in [6, 6.07) is 12.9. The van der Waals surface area contributed by atoms with Gasteiger partial charge in [-0.15, -0.1) is 0 Å². The molecule has 0 aliphatic carbocycles. The second kappa shape index (κ2) is 10.4. The Morgan fingerprint density at radius 2 is 1.89 bits per heavy atom. The summed E-state index contributed by atoms with van der Waals surface area (Å²) >= 11 is 0. The molecule has 0 saturated carbocycles. The first-order valence-electron chi connectivity index (χ1n) is 11.1. The molecular formula is C24H26N4O6S. The molecule has 1 fully saturated rings. The Hall–Kier alpha value is -3.54. The molecule has 2 aliphatic rings. The first kappa shape index (κ1) is 24.6. The van der Waals surface area contributed by atoms with Gasteiger partial charge in [-0.25, -0.2) is 18.2 Å². The maximum absolute atomic E-state index is 13.2. The molecule has 184 valence electrons. The molecule has 1 amide bonds. The fourth-order valence-electron chi connectivity index (χ4n) is 3.75. The minimum Gasteiger partial charge on any atom is -0.462 e.